The van der Waals surface area contributed by atoms with E-state index in [0.29, 0.717) is 28.4 Å². The number of urea groups is 1. The molecule has 1 saturated carbocycles. The van der Waals surface area contributed by atoms with Crippen molar-refractivity contribution < 1.29 is 9.18 Å². The number of halogens is 1. The number of benzene rings is 1. The van der Waals surface area contributed by atoms with Gasteiger partial charge >= 0.3 is 6.03 Å². The number of nitrogens with one attached hydrogen (secondary N) is 3. The number of aromatic nitrogens is 2. The SMILES string of the molecule is CNc1cc2c(cn1)cc(-c1cc(NC(=O)N[C@H]3CC[C@H](C)CC3)c(F)cc1C)c(=O)n2C. The molecule has 2 amide bonds. The summed E-state index contributed by atoms with van der Waals surface area (Å²) in [4.78, 5) is 30.0. The van der Waals surface area contributed by atoms with Gasteiger partial charge in [0.1, 0.15) is 11.6 Å². The number of carbonyl (C=O) groups is 1. The summed E-state index contributed by atoms with van der Waals surface area (Å²) in [7, 11) is 3.46. The monoisotopic (exact) mass is 451 g/mol. The third kappa shape index (κ3) is 4.69. The average Bonchev–Trinajstić information content (AvgIpc) is 2.79. The van der Waals surface area contributed by atoms with Crippen LogP contribution < -0.4 is 21.5 Å². The molecule has 0 radical (unpaired) electrons. The van der Waals surface area contributed by atoms with Crippen LogP contribution in [0.15, 0.2) is 35.3 Å². The quantitative estimate of drug-likeness (QED) is 0.532. The zero-order valence-corrected chi connectivity index (χ0v) is 19.5. The number of amides is 2. The number of hydrogen-bond donors (Lipinski definition) is 3. The maximum absolute atomic E-state index is 14.7. The largest absolute Gasteiger partial charge is 0.373 e. The summed E-state index contributed by atoms with van der Waals surface area (Å²) in [6.07, 6.45) is 5.69. The van der Waals surface area contributed by atoms with Crippen molar-refractivity contribution in [2.75, 3.05) is 17.7 Å². The van der Waals surface area contributed by atoms with Crippen molar-refractivity contribution in [1.82, 2.24) is 14.9 Å². The molecule has 33 heavy (non-hydrogen) atoms. The second-order valence-corrected chi connectivity index (χ2v) is 9.00. The molecule has 4 rings (SSSR count). The number of aryl methyl sites for hydroxylation is 2. The maximum Gasteiger partial charge on any atom is 0.319 e. The maximum atomic E-state index is 14.7. The molecule has 0 unspecified atom stereocenters. The van der Waals surface area contributed by atoms with Gasteiger partial charge in [-0.25, -0.2) is 14.2 Å². The number of pyridine rings is 2. The molecule has 0 spiro atoms. The second-order valence-electron chi connectivity index (χ2n) is 9.00. The smallest absolute Gasteiger partial charge is 0.319 e. The molecule has 2 aromatic heterocycles. The highest BCUT2D eigenvalue weighted by Crippen LogP contribution is 2.29. The summed E-state index contributed by atoms with van der Waals surface area (Å²) in [6.45, 7) is 3.96. The molecule has 3 N–H and O–H groups in total. The van der Waals surface area contributed by atoms with Crippen LogP contribution in [0.3, 0.4) is 0 Å². The Labute approximate surface area is 192 Å². The molecule has 7 nitrogen and oxygen atoms in total. The van der Waals surface area contributed by atoms with Gasteiger partial charge in [0.2, 0.25) is 0 Å². The van der Waals surface area contributed by atoms with Gasteiger partial charge in [-0.3, -0.25) is 4.79 Å². The molecule has 1 aliphatic rings. The average molecular weight is 452 g/mol. The van der Waals surface area contributed by atoms with Crippen LogP contribution in [0.4, 0.5) is 20.7 Å². The van der Waals surface area contributed by atoms with Crippen LogP contribution in [0, 0.1) is 18.7 Å². The highest BCUT2D eigenvalue weighted by atomic mass is 19.1. The Morgan fingerprint density at radius 1 is 1.12 bits per heavy atom. The zero-order chi connectivity index (χ0) is 23.7. The summed E-state index contributed by atoms with van der Waals surface area (Å²) >= 11 is 0. The van der Waals surface area contributed by atoms with E-state index < -0.39 is 11.8 Å². The van der Waals surface area contributed by atoms with Crippen molar-refractivity contribution in [3.05, 3.63) is 52.2 Å². The van der Waals surface area contributed by atoms with Gasteiger partial charge in [0.15, 0.2) is 0 Å². The number of rotatable bonds is 4. The molecule has 3 aromatic rings. The third-order valence-electron chi connectivity index (χ3n) is 6.57. The Hall–Kier alpha value is -3.42. The number of nitrogens with zero attached hydrogens (tertiary/aromatic N) is 2. The van der Waals surface area contributed by atoms with Crippen LogP contribution >= 0.6 is 0 Å². The number of anilines is 2. The van der Waals surface area contributed by atoms with Gasteiger partial charge in [0.05, 0.1) is 11.2 Å². The third-order valence-corrected chi connectivity index (χ3v) is 6.57. The molecule has 174 valence electrons. The van der Waals surface area contributed by atoms with Gasteiger partial charge in [-0.2, -0.15) is 0 Å². The Morgan fingerprint density at radius 2 is 1.85 bits per heavy atom. The topological polar surface area (TPSA) is 88.1 Å². The van der Waals surface area contributed by atoms with Gasteiger partial charge in [0, 0.05) is 43.4 Å². The van der Waals surface area contributed by atoms with E-state index >= 15 is 0 Å². The van der Waals surface area contributed by atoms with Crippen molar-refractivity contribution >= 4 is 28.4 Å². The van der Waals surface area contributed by atoms with Crippen molar-refractivity contribution in [3.8, 4) is 11.1 Å². The first-order valence-corrected chi connectivity index (χ1v) is 11.3. The van der Waals surface area contributed by atoms with E-state index in [1.807, 2.05) is 0 Å². The Kier molecular flexibility index (Phi) is 6.35. The molecule has 0 saturated heterocycles. The van der Waals surface area contributed by atoms with Crippen molar-refractivity contribution in [2.24, 2.45) is 13.0 Å². The first-order valence-electron chi connectivity index (χ1n) is 11.3. The lowest BCUT2D eigenvalue weighted by atomic mass is 9.87. The van der Waals surface area contributed by atoms with E-state index in [1.54, 1.807) is 43.9 Å². The lowest BCUT2D eigenvalue weighted by Gasteiger charge is -2.27. The number of carbonyl (C=O) groups excluding carboxylic acids is 1. The molecule has 2 heterocycles. The van der Waals surface area contributed by atoms with E-state index in [-0.39, 0.29) is 17.3 Å². The second kappa shape index (κ2) is 9.21. The van der Waals surface area contributed by atoms with Crippen LogP contribution in [-0.4, -0.2) is 28.7 Å². The fraction of sp³-hybridized carbons (Fsp3) is 0.400. The first kappa shape index (κ1) is 22.8. The van der Waals surface area contributed by atoms with Crippen molar-refractivity contribution in [3.63, 3.8) is 0 Å². The van der Waals surface area contributed by atoms with Crippen molar-refractivity contribution in [1.29, 1.82) is 0 Å². The van der Waals surface area contributed by atoms with Crippen LogP contribution in [0.2, 0.25) is 0 Å². The first-order chi connectivity index (χ1) is 15.8. The minimum Gasteiger partial charge on any atom is -0.373 e. The molecule has 0 bridgehead atoms. The van der Waals surface area contributed by atoms with E-state index in [4.69, 9.17) is 0 Å². The summed E-state index contributed by atoms with van der Waals surface area (Å²) < 4.78 is 16.3. The molecule has 1 aliphatic carbocycles. The number of fused-ring (bicyclic) bond motifs is 1. The van der Waals surface area contributed by atoms with Gasteiger partial charge in [-0.05, 0) is 67.9 Å². The highest BCUT2D eigenvalue weighted by Gasteiger charge is 2.21. The normalized spacial score (nSPS) is 18.2. The highest BCUT2D eigenvalue weighted by molar-refractivity contribution is 5.91. The predicted molar refractivity (Wildman–Crippen MR) is 130 cm³/mol. The lowest BCUT2D eigenvalue weighted by molar-refractivity contribution is 0.239. The molecule has 1 fully saturated rings. The van der Waals surface area contributed by atoms with Crippen LogP contribution in [0.25, 0.3) is 22.0 Å². The van der Waals surface area contributed by atoms with Gasteiger partial charge in [0.25, 0.3) is 5.56 Å². The lowest BCUT2D eigenvalue weighted by Crippen LogP contribution is -2.40. The van der Waals surface area contributed by atoms with Crippen LogP contribution in [0.5, 0.6) is 0 Å². The van der Waals surface area contributed by atoms with E-state index in [1.165, 1.54) is 12.1 Å². The summed E-state index contributed by atoms with van der Waals surface area (Å²) in [5.74, 6) is 0.794. The zero-order valence-electron chi connectivity index (χ0n) is 19.5. The minimum absolute atomic E-state index is 0.0445. The Morgan fingerprint density at radius 3 is 2.55 bits per heavy atom. The summed E-state index contributed by atoms with van der Waals surface area (Å²) in [5.41, 5.74) is 2.17. The predicted octanol–water partition coefficient (Wildman–Crippen LogP) is 4.79. The van der Waals surface area contributed by atoms with Gasteiger partial charge in [-0.15, -0.1) is 0 Å². The fourth-order valence-corrected chi connectivity index (χ4v) is 4.50. The van der Waals surface area contributed by atoms with E-state index in [9.17, 15) is 14.0 Å². The summed E-state index contributed by atoms with van der Waals surface area (Å²) in [6, 6.07) is 6.11. The van der Waals surface area contributed by atoms with Crippen LogP contribution in [-0.2, 0) is 7.05 Å². The van der Waals surface area contributed by atoms with E-state index in [0.717, 1.165) is 36.6 Å². The fourth-order valence-electron chi connectivity index (χ4n) is 4.50. The minimum atomic E-state index is -0.540. The summed E-state index contributed by atoms with van der Waals surface area (Å²) in [5, 5.41) is 9.34. The Balaban J connectivity index is 1.66. The molecule has 0 atom stereocenters. The standard InChI is InChI=1S/C25H30FN5O2/c1-14-5-7-17(8-6-14)29-25(33)30-21-11-18(15(2)9-20(21)26)19-10-16-13-28-23(27-3)12-22(16)31(4)24(19)32/h9-14,17H,5-8H2,1-4H3,(H,27,28)(H2,29,30,33)/t14-,17-. The van der Waals surface area contributed by atoms with E-state index in [2.05, 4.69) is 27.9 Å². The van der Waals surface area contributed by atoms with Gasteiger partial charge in [-0.1, -0.05) is 6.92 Å². The molecular weight excluding hydrogens is 421 g/mol. The van der Waals surface area contributed by atoms with Gasteiger partial charge < -0.3 is 20.5 Å². The number of hydrogen-bond acceptors (Lipinski definition) is 4. The van der Waals surface area contributed by atoms with Crippen molar-refractivity contribution in [2.45, 2.75) is 45.6 Å². The molecule has 1 aromatic carbocycles. The molecule has 0 aliphatic heterocycles. The Bertz CT molecular complexity index is 1260. The molecular formula is C25H30FN5O2. The van der Waals surface area contributed by atoms with Crippen LogP contribution in [0.1, 0.15) is 38.2 Å². The molecule has 8 heteroatoms.